The van der Waals surface area contributed by atoms with E-state index in [1.54, 1.807) is 0 Å². The van der Waals surface area contributed by atoms with Gasteiger partial charge in [-0.1, -0.05) is 158 Å². The van der Waals surface area contributed by atoms with E-state index in [4.69, 9.17) is 15.0 Å². The Morgan fingerprint density at radius 3 is 1.39 bits per heavy atom. The molecule has 4 heteroatoms. The van der Waals surface area contributed by atoms with Gasteiger partial charge in [0.2, 0.25) is 0 Å². The van der Waals surface area contributed by atoms with Crippen LogP contribution in [0.25, 0.3) is 94.5 Å². The van der Waals surface area contributed by atoms with Gasteiger partial charge in [0, 0.05) is 38.4 Å². The number of aromatic nitrogens is 4. The lowest BCUT2D eigenvalue weighted by Gasteiger charge is -2.13. The second-order valence-corrected chi connectivity index (χ2v) is 12.8. The second-order valence-electron chi connectivity index (χ2n) is 12.8. The molecule has 7 aromatic carbocycles. The largest absolute Gasteiger partial charge is 0.308 e. The third-order valence-corrected chi connectivity index (χ3v) is 9.81. The van der Waals surface area contributed by atoms with E-state index >= 15 is 0 Å². The minimum Gasteiger partial charge on any atom is -0.308 e. The molecule has 238 valence electrons. The van der Waals surface area contributed by atoms with Crippen LogP contribution in [0.4, 0.5) is 0 Å². The quantitative estimate of drug-likeness (QED) is 0.174. The molecule has 0 amide bonds. The van der Waals surface area contributed by atoms with Crippen molar-refractivity contribution in [1.29, 1.82) is 0 Å². The van der Waals surface area contributed by atoms with E-state index in [0.29, 0.717) is 17.5 Å². The summed E-state index contributed by atoms with van der Waals surface area (Å²) in [6.07, 6.45) is 0. The van der Waals surface area contributed by atoms with Gasteiger partial charge in [0.15, 0.2) is 17.5 Å². The number of nitrogens with zero attached hydrogens (tertiary/aromatic N) is 4. The first-order valence-electron chi connectivity index (χ1n) is 17.2. The molecule has 0 radical (unpaired) electrons. The Labute approximate surface area is 295 Å². The third kappa shape index (κ3) is 4.88. The molecule has 0 aliphatic rings. The molecule has 4 nitrogen and oxygen atoms in total. The lowest BCUT2D eigenvalue weighted by atomic mass is 9.97. The van der Waals surface area contributed by atoms with Crippen molar-refractivity contribution in [1.82, 2.24) is 19.4 Å². The molecule has 0 N–H and O–H groups in total. The molecule has 51 heavy (non-hydrogen) atoms. The summed E-state index contributed by atoms with van der Waals surface area (Å²) in [6.45, 7) is 0. The highest BCUT2D eigenvalue weighted by Crippen LogP contribution is 2.44. The van der Waals surface area contributed by atoms with Crippen LogP contribution in [0.5, 0.6) is 0 Å². The van der Waals surface area contributed by atoms with Crippen LogP contribution in [0.15, 0.2) is 182 Å². The molecule has 0 saturated heterocycles. The van der Waals surface area contributed by atoms with Crippen molar-refractivity contribution in [2.75, 3.05) is 0 Å². The summed E-state index contributed by atoms with van der Waals surface area (Å²) in [4.78, 5) is 15.0. The van der Waals surface area contributed by atoms with Crippen LogP contribution in [0.3, 0.4) is 0 Å². The Morgan fingerprint density at radius 1 is 0.294 bits per heavy atom. The number of rotatable bonds is 5. The van der Waals surface area contributed by atoms with Crippen molar-refractivity contribution in [3.63, 3.8) is 0 Å². The van der Waals surface area contributed by atoms with Gasteiger partial charge in [0.05, 0.1) is 16.6 Å². The minimum absolute atomic E-state index is 0.641. The summed E-state index contributed by atoms with van der Waals surface area (Å²) in [5.41, 5.74) is 11.2. The van der Waals surface area contributed by atoms with Gasteiger partial charge >= 0.3 is 0 Å². The normalized spacial score (nSPS) is 11.5. The van der Waals surface area contributed by atoms with E-state index in [-0.39, 0.29) is 0 Å². The Morgan fingerprint density at radius 2 is 0.784 bits per heavy atom. The first-order chi connectivity index (χ1) is 25.3. The molecule has 3 heterocycles. The highest BCUT2D eigenvalue weighted by Gasteiger charge is 2.21. The fourth-order valence-electron chi connectivity index (χ4n) is 7.45. The molecule has 0 bridgehead atoms. The Balaban J connectivity index is 1.29. The van der Waals surface area contributed by atoms with E-state index in [1.807, 2.05) is 60.7 Å². The maximum Gasteiger partial charge on any atom is 0.164 e. The van der Waals surface area contributed by atoms with Crippen LogP contribution in [0.1, 0.15) is 0 Å². The lowest BCUT2D eigenvalue weighted by Crippen LogP contribution is -2.00. The van der Waals surface area contributed by atoms with Gasteiger partial charge in [-0.2, -0.15) is 0 Å². The summed E-state index contributed by atoms with van der Waals surface area (Å²) in [6, 6.07) is 64.0. The van der Waals surface area contributed by atoms with Gasteiger partial charge in [-0.25, -0.2) is 15.0 Å². The zero-order valence-corrected chi connectivity index (χ0v) is 27.6. The molecule has 0 aliphatic carbocycles. The molecule has 0 saturated carbocycles. The van der Waals surface area contributed by atoms with E-state index in [2.05, 4.69) is 126 Å². The van der Waals surface area contributed by atoms with E-state index in [9.17, 15) is 0 Å². The molecule has 0 spiro atoms. The number of pyridine rings is 1. The average molecular weight is 651 g/mol. The topological polar surface area (TPSA) is 43.1 Å². The summed E-state index contributed by atoms with van der Waals surface area (Å²) in [5.74, 6) is 1.94. The van der Waals surface area contributed by atoms with Crippen LogP contribution in [-0.4, -0.2) is 19.4 Å². The predicted octanol–water partition coefficient (Wildman–Crippen LogP) is 11.9. The van der Waals surface area contributed by atoms with E-state index < -0.39 is 0 Å². The van der Waals surface area contributed by atoms with Gasteiger partial charge in [0.25, 0.3) is 0 Å². The van der Waals surface area contributed by atoms with Crippen molar-refractivity contribution in [3.8, 4) is 56.4 Å². The molecular weight excluding hydrogens is 621 g/mol. The summed E-state index contributed by atoms with van der Waals surface area (Å²) in [7, 11) is 0. The van der Waals surface area contributed by atoms with Crippen LogP contribution in [-0.2, 0) is 0 Å². The minimum atomic E-state index is 0.641. The van der Waals surface area contributed by atoms with Gasteiger partial charge in [-0.05, 0) is 46.3 Å². The number of hydrogen-bond donors (Lipinski definition) is 0. The number of benzene rings is 7. The first kappa shape index (κ1) is 29.0. The predicted molar refractivity (Wildman–Crippen MR) is 210 cm³/mol. The molecule has 0 unspecified atom stereocenters. The van der Waals surface area contributed by atoms with Crippen molar-refractivity contribution in [2.24, 2.45) is 0 Å². The molecular formula is C47H30N4. The number of fused-ring (bicyclic) bond motifs is 8. The van der Waals surface area contributed by atoms with Crippen LogP contribution < -0.4 is 0 Å². The highest BCUT2D eigenvalue weighted by atomic mass is 15.0. The summed E-state index contributed by atoms with van der Waals surface area (Å²) < 4.78 is 2.46. The van der Waals surface area contributed by atoms with Crippen molar-refractivity contribution < 1.29 is 0 Å². The van der Waals surface area contributed by atoms with Crippen LogP contribution in [0.2, 0.25) is 0 Å². The van der Waals surface area contributed by atoms with Crippen molar-refractivity contribution >= 4 is 38.1 Å². The summed E-state index contributed by atoms with van der Waals surface area (Å²) in [5, 5.41) is 4.75. The fourth-order valence-corrected chi connectivity index (χ4v) is 7.45. The van der Waals surface area contributed by atoms with Crippen molar-refractivity contribution in [3.05, 3.63) is 182 Å². The lowest BCUT2D eigenvalue weighted by molar-refractivity contribution is 1.07. The molecule has 0 fully saturated rings. The molecule has 0 aliphatic heterocycles. The van der Waals surface area contributed by atoms with Crippen LogP contribution in [0, 0.1) is 0 Å². The monoisotopic (exact) mass is 650 g/mol. The first-order valence-corrected chi connectivity index (χ1v) is 17.2. The summed E-state index contributed by atoms with van der Waals surface area (Å²) >= 11 is 0. The molecule has 10 rings (SSSR count). The average Bonchev–Trinajstić information content (AvgIpc) is 3.57. The van der Waals surface area contributed by atoms with Gasteiger partial charge < -0.3 is 4.40 Å². The molecule has 0 atom stereocenters. The zero-order valence-electron chi connectivity index (χ0n) is 27.6. The Bertz CT molecular complexity index is 2820. The SMILES string of the molecule is c1ccc(-c2ccc3c(-c4ccccc4)c4c5ccccc5c5cc(-c6nc(-c7ccccc7)nc(-c7ccccc7)n6)ccc5n4c3c2)cc1. The molecule has 3 aromatic heterocycles. The molecule has 10 aromatic rings. The zero-order chi connectivity index (χ0) is 33.7. The van der Waals surface area contributed by atoms with E-state index in [1.165, 1.54) is 49.4 Å². The maximum absolute atomic E-state index is 5.06. The van der Waals surface area contributed by atoms with Gasteiger partial charge in [-0.3, -0.25) is 0 Å². The second kappa shape index (κ2) is 11.9. The number of hydrogen-bond acceptors (Lipinski definition) is 3. The highest BCUT2D eigenvalue weighted by molar-refractivity contribution is 6.22. The smallest absolute Gasteiger partial charge is 0.164 e. The fraction of sp³-hybridized carbons (Fsp3) is 0. The standard InChI is InChI=1S/C47H30N4/c1-5-15-31(16-6-1)35-25-27-39-42(30-35)51-41-28-26-36(29-40(41)37-23-13-14-24-38(37)44(51)43(39)32-17-7-2-8-18-32)47-49-45(33-19-9-3-10-20-33)48-46(50-47)34-21-11-4-12-22-34/h1-30H. The van der Waals surface area contributed by atoms with Gasteiger partial charge in [-0.15, -0.1) is 0 Å². The van der Waals surface area contributed by atoms with Crippen LogP contribution >= 0.6 is 0 Å². The van der Waals surface area contributed by atoms with Gasteiger partial charge in [0.1, 0.15) is 0 Å². The Kier molecular flexibility index (Phi) is 6.78. The third-order valence-electron chi connectivity index (χ3n) is 9.81. The Hall–Kier alpha value is -6.91. The maximum atomic E-state index is 5.06. The van der Waals surface area contributed by atoms with Crippen molar-refractivity contribution in [2.45, 2.75) is 0 Å². The van der Waals surface area contributed by atoms with E-state index in [0.717, 1.165) is 27.6 Å².